The molecule has 1 N–H and O–H groups in total. The van der Waals surface area contributed by atoms with Crippen LogP contribution in [0.1, 0.15) is 84.8 Å². The van der Waals surface area contributed by atoms with Gasteiger partial charge in [0.25, 0.3) is 6.43 Å². The molecular formula is C40H43F3IrNO2-. The minimum absolute atomic E-state index is 0. The Morgan fingerprint density at radius 1 is 0.851 bits per heavy atom. The van der Waals surface area contributed by atoms with Crippen LogP contribution < -0.4 is 0 Å². The van der Waals surface area contributed by atoms with Crippen molar-refractivity contribution in [3.8, 4) is 11.3 Å². The maximum Gasteiger partial charge on any atom is 0.251 e. The van der Waals surface area contributed by atoms with E-state index in [1.54, 1.807) is 55.6 Å². The molecule has 3 nitrogen and oxygen atoms in total. The van der Waals surface area contributed by atoms with Crippen LogP contribution in [0.3, 0.4) is 0 Å². The van der Waals surface area contributed by atoms with E-state index in [9.17, 15) is 23.1 Å². The fourth-order valence-corrected chi connectivity index (χ4v) is 5.61. The minimum Gasteiger partial charge on any atom is -0.512 e. The van der Waals surface area contributed by atoms with Crippen LogP contribution in [-0.4, -0.2) is 15.9 Å². The van der Waals surface area contributed by atoms with E-state index in [0.29, 0.717) is 33.0 Å². The van der Waals surface area contributed by atoms with Gasteiger partial charge in [0.2, 0.25) is 0 Å². The molecule has 47 heavy (non-hydrogen) atoms. The van der Waals surface area contributed by atoms with Crippen molar-refractivity contribution < 1.29 is 43.2 Å². The first-order valence-electron chi connectivity index (χ1n) is 16.0. The van der Waals surface area contributed by atoms with Gasteiger partial charge in [-0.2, -0.15) is 0 Å². The Bertz CT molecular complexity index is 1910. The predicted octanol–water partition coefficient (Wildman–Crippen LogP) is 12.0. The summed E-state index contributed by atoms with van der Waals surface area (Å²) in [6, 6.07) is 20.6. The van der Waals surface area contributed by atoms with Crippen molar-refractivity contribution in [2.75, 3.05) is 0 Å². The number of halogens is 3. The van der Waals surface area contributed by atoms with Gasteiger partial charge in [-0.25, -0.2) is 13.2 Å². The fraction of sp³-hybridized carbons (Fsp3) is 0.350. The van der Waals surface area contributed by atoms with Crippen LogP contribution in [0.5, 0.6) is 0 Å². The smallest absolute Gasteiger partial charge is 0.251 e. The molecule has 0 spiro atoms. The van der Waals surface area contributed by atoms with Gasteiger partial charge in [-0.05, 0) is 66.0 Å². The van der Waals surface area contributed by atoms with Gasteiger partial charge in [0, 0.05) is 54.3 Å². The Hall–Kier alpha value is -3.54. The second-order valence-corrected chi connectivity index (χ2v) is 12.5. The normalized spacial score (nSPS) is 12.3. The van der Waals surface area contributed by atoms with Crippen LogP contribution in [-0.2, 0) is 24.9 Å². The molecule has 0 saturated carbocycles. The first kappa shape index (κ1) is 37.9. The van der Waals surface area contributed by atoms with Crippen molar-refractivity contribution in [2.45, 2.75) is 80.6 Å². The largest absolute Gasteiger partial charge is 0.512 e. The van der Waals surface area contributed by atoms with Gasteiger partial charge in [0.05, 0.1) is 0 Å². The van der Waals surface area contributed by atoms with Crippen molar-refractivity contribution in [2.24, 2.45) is 10.8 Å². The van der Waals surface area contributed by atoms with E-state index in [4.69, 9.17) is 0 Å². The van der Waals surface area contributed by atoms with E-state index < -0.39 is 6.43 Å². The Morgan fingerprint density at radius 3 is 2.04 bits per heavy atom. The number of carbonyl (C=O) groups excluding carboxylic acids is 1. The summed E-state index contributed by atoms with van der Waals surface area (Å²) in [7, 11) is 0. The van der Waals surface area contributed by atoms with Gasteiger partial charge in [0.1, 0.15) is 11.6 Å². The van der Waals surface area contributed by atoms with Gasteiger partial charge in [-0.1, -0.05) is 95.0 Å². The molecule has 0 unspecified atom stereocenters. The molecule has 4 aromatic carbocycles. The van der Waals surface area contributed by atoms with Gasteiger partial charge >= 0.3 is 0 Å². The molecule has 0 saturated heterocycles. The molecule has 1 aromatic heterocycles. The van der Waals surface area contributed by atoms with Crippen molar-refractivity contribution in [3.05, 3.63) is 102 Å². The number of aliphatic hydroxyl groups excluding tert-OH is 1. The summed E-state index contributed by atoms with van der Waals surface area (Å²) in [6.45, 7) is 13.8. The number of alkyl halides is 2. The Labute approximate surface area is 289 Å². The number of aromatic nitrogens is 1. The number of hydrogen-bond acceptors (Lipinski definition) is 3. The second kappa shape index (κ2) is 15.6. The minimum atomic E-state index is -2.61. The van der Waals surface area contributed by atoms with E-state index in [1.165, 1.54) is 12.1 Å². The average molecular weight is 819 g/mol. The zero-order valence-electron chi connectivity index (χ0n) is 28.1. The number of nitrogens with zero attached hydrogens (tertiary/aromatic N) is 1. The van der Waals surface area contributed by atoms with Crippen molar-refractivity contribution in [1.82, 2.24) is 4.98 Å². The standard InChI is InChI=1S/C25H15F3N.C15H28O2.Ir/c1-14-6-7-18-19-10-11-29-24(21(19)9-8-20(18)23(14)26)16-12-15-4-2-3-5-17(15)22(13-16)25(27)28;1-7-14(5,8-2)12(16)11-13(17)15(6,9-3)10-4;/h2-11,13,25H,1H3;11,16H,7-10H2,1-6H3;/q-1;;/b;12-11-;. The monoisotopic (exact) mass is 819 g/mol. The molecule has 1 heterocycles. The summed E-state index contributed by atoms with van der Waals surface area (Å²) >= 11 is 0. The summed E-state index contributed by atoms with van der Waals surface area (Å²) in [5.41, 5.74) is 0.981. The van der Waals surface area contributed by atoms with Crippen LogP contribution in [0.25, 0.3) is 43.6 Å². The van der Waals surface area contributed by atoms with Crippen LogP contribution in [0.4, 0.5) is 13.2 Å². The second-order valence-electron chi connectivity index (χ2n) is 12.5. The molecule has 0 atom stereocenters. The van der Waals surface area contributed by atoms with Gasteiger partial charge in [-0.15, -0.1) is 23.6 Å². The maximum absolute atomic E-state index is 14.6. The van der Waals surface area contributed by atoms with E-state index in [-0.39, 0.29) is 53.9 Å². The number of pyridine rings is 1. The third-order valence-electron chi connectivity index (χ3n) is 9.97. The number of fused-ring (bicyclic) bond motifs is 4. The summed E-state index contributed by atoms with van der Waals surface area (Å²) in [4.78, 5) is 16.6. The van der Waals surface area contributed by atoms with Crippen molar-refractivity contribution in [3.63, 3.8) is 0 Å². The number of allylic oxidation sites excluding steroid dienone is 2. The number of aryl methyl sites for hydroxylation is 1. The first-order valence-corrected chi connectivity index (χ1v) is 16.0. The quantitative estimate of drug-likeness (QED) is 0.0698. The van der Waals surface area contributed by atoms with E-state index in [2.05, 4.69) is 11.1 Å². The number of rotatable bonds is 9. The molecule has 0 bridgehead atoms. The number of hydrogen-bond donors (Lipinski definition) is 1. The Morgan fingerprint density at radius 2 is 1.43 bits per heavy atom. The molecular weight excluding hydrogens is 776 g/mol. The Balaban J connectivity index is 0.000000290. The molecule has 7 heteroatoms. The van der Waals surface area contributed by atoms with E-state index >= 15 is 0 Å². The topological polar surface area (TPSA) is 50.2 Å². The SMILES string of the molecule is CCC(C)(CC)C(=O)/C=C(\O)C(C)(CC)CC.Cc1ccc2c(ccc3c(-c4[c-]c5ccccc5c(C(F)F)c4)nccc32)c1F.[Ir]. The molecule has 251 valence electrons. The number of carbonyl (C=O) groups is 1. The predicted molar refractivity (Wildman–Crippen MR) is 184 cm³/mol. The van der Waals surface area contributed by atoms with Gasteiger partial charge in [0.15, 0.2) is 5.78 Å². The molecule has 0 amide bonds. The summed E-state index contributed by atoms with van der Waals surface area (Å²) < 4.78 is 42.0. The molecule has 0 aliphatic rings. The number of aliphatic hydroxyl groups is 1. The fourth-order valence-electron chi connectivity index (χ4n) is 5.61. The number of ketones is 1. The summed E-state index contributed by atoms with van der Waals surface area (Å²) in [6.07, 6.45) is 3.77. The third-order valence-corrected chi connectivity index (χ3v) is 9.97. The zero-order valence-corrected chi connectivity index (χ0v) is 30.5. The molecule has 0 aliphatic heterocycles. The van der Waals surface area contributed by atoms with E-state index in [0.717, 1.165) is 41.8 Å². The van der Waals surface area contributed by atoms with Crippen LogP contribution in [0.15, 0.2) is 78.7 Å². The first-order chi connectivity index (χ1) is 21.8. The average Bonchev–Trinajstić information content (AvgIpc) is 3.08. The van der Waals surface area contributed by atoms with Gasteiger partial charge in [-0.3, -0.25) is 9.78 Å². The van der Waals surface area contributed by atoms with Crippen LogP contribution in [0, 0.1) is 29.6 Å². The summed E-state index contributed by atoms with van der Waals surface area (Å²) in [5, 5.41) is 14.1. The van der Waals surface area contributed by atoms with Gasteiger partial charge < -0.3 is 5.11 Å². The molecule has 5 aromatic rings. The third kappa shape index (κ3) is 7.63. The Kier molecular flexibility index (Phi) is 12.6. The molecule has 1 radical (unpaired) electrons. The van der Waals surface area contributed by atoms with E-state index in [1.807, 2.05) is 53.7 Å². The molecule has 0 aliphatic carbocycles. The summed E-state index contributed by atoms with van der Waals surface area (Å²) in [5.74, 6) is 0.0359. The molecule has 5 rings (SSSR count). The van der Waals surface area contributed by atoms with Crippen molar-refractivity contribution in [1.29, 1.82) is 0 Å². The molecule has 0 fully saturated rings. The maximum atomic E-state index is 14.6. The number of benzene rings is 4. The van der Waals surface area contributed by atoms with Crippen LogP contribution >= 0.6 is 0 Å². The zero-order chi connectivity index (χ0) is 33.8. The van der Waals surface area contributed by atoms with Crippen molar-refractivity contribution >= 4 is 38.1 Å². The van der Waals surface area contributed by atoms with Crippen LogP contribution in [0.2, 0.25) is 0 Å².